The summed E-state index contributed by atoms with van der Waals surface area (Å²) in [6, 6.07) is 15.5. The summed E-state index contributed by atoms with van der Waals surface area (Å²) in [5.41, 5.74) is 1.09. The molecule has 0 aliphatic carbocycles. The Labute approximate surface area is 142 Å². The number of nitrogens with zero attached hydrogens (tertiary/aromatic N) is 1. The predicted molar refractivity (Wildman–Crippen MR) is 95.2 cm³/mol. The average molecular weight is 347 g/mol. The highest BCUT2D eigenvalue weighted by atomic mass is 32.2. The van der Waals surface area contributed by atoms with Gasteiger partial charge in [-0.1, -0.05) is 18.2 Å². The van der Waals surface area contributed by atoms with E-state index in [-0.39, 0.29) is 18.0 Å². The molecule has 24 heavy (non-hydrogen) atoms. The Morgan fingerprint density at radius 3 is 2.21 bits per heavy atom. The molecule has 6 heteroatoms. The van der Waals surface area contributed by atoms with Crippen molar-refractivity contribution in [2.45, 2.75) is 13.3 Å². The largest absolute Gasteiger partial charge is 0.497 e. The van der Waals surface area contributed by atoms with Crippen LogP contribution in [-0.4, -0.2) is 33.6 Å². The molecule has 5 nitrogen and oxygen atoms in total. The molecule has 0 amide bonds. The fourth-order valence-corrected chi connectivity index (χ4v) is 3.89. The van der Waals surface area contributed by atoms with Crippen molar-refractivity contribution >= 4 is 21.5 Å². The number of anilines is 1. The second kappa shape index (κ2) is 7.97. The van der Waals surface area contributed by atoms with Crippen molar-refractivity contribution in [2.75, 3.05) is 23.7 Å². The number of carbonyl (C=O) groups excluding carboxylic acids is 1. The van der Waals surface area contributed by atoms with Crippen LogP contribution in [0.15, 0.2) is 54.6 Å². The molecule has 2 aromatic rings. The van der Waals surface area contributed by atoms with E-state index < -0.39 is 10.0 Å². The Hall–Kier alpha value is -2.34. The molecule has 2 aromatic carbocycles. The highest BCUT2D eigenvalue weighted by Gasteiger charge is 2.22. The number of ketones is 1. The number of ether oxygens (including phenoxy) is 1. The first kappa shape index (κ1) is 18.0. The van der Waals surface area contributed by atoms with Gasteiger partial charge in [-0.05, 0) is 43.3 Å². The van der Waals surface area contributed by atoms with Crippen molar-refractivity contribution in [3.8, 4) is 5.75 Å². The Balaban J connectivity index is 2.06. The van der Waals surface area contributed by atoms with E-state index in [1.54, 1.807) is 62.6 Å². The number of para-hydroxylation sites is 1. The number of hydrogen-bond acceptors (Lipinski definition) is 4. The van der Waals surface area contributed by atoms with Gasteiger partial charge in [0.1, 0.15) is 5.75 Å². The fraction of sp³-hybridized carbons (Fsp3) is 0.278. The van der Waals surface area contributed by atoms with Crippen LogP contribution >= 0.6 is 0 Å². The van der Waals surface area contributed by atoms with E-state index in [4.69, 9.17) is 4.74 Å². The highest BCUT2D eigenvalue weighted by molar-refractivity contribution is 7.92. The maximum absolute atomic E-state index is 12.6. The summed E-state index contributed by atoms with van der Waals surface area (Å²) in [6.45, 7) is 2.10. The average Bonchev–Trinajstić information content (AvgIpc) is 2.61. The minimum absolute atomic E-state index is 0.0575. The van der Waals surface area contributed by atoms with Crippen molar-refractivity contribution in [1.29, 1.82) is 0 Å². The van der Waals surface area contributed by atoms with Gasteiger partial charge >= 0.3 is 0 Å². The van der Waals surface area contributed by atoms with E-state index in [0.717, 1.165) is 0 Å². The molecule has 128 valence electrons. The molecular formula is C18H21NO4S. The van der Waals surface area contributed by atoms with Crippen LogP contribution in [0, 0.1) is 0 Å². The van der Waals surface area contributed by atoms with Gasteiger partial charge in [0.15, 0.2) is 5.78 Å². The molecule has 0 atom stereocenters. The maximum atomic E-state index is 12.6. The van der Waals surface area contributed by atoms with Crippen LogP contribution in [0.2, 0.25) is 0 Å². The van der Waals surface area contributed by atoms with Gasteiger partial charge in [-0.2, -0.15) is 0 Å². The number of sulfonamides is 1. The monoisotopic (exact) mass is 347 g/mol. The highest BCUT2D eigenvalue weighted by Crippen LogP contribution is 2.19. The van der Waals surface area contributed by atoms with Gasteiger partial charge in [-0.15, -0.1) is 0 Å². The molecular weight excluding hydrogens is 326 g/mol. The minimum atomic E-state index is -3.55. The van der Waals surface area contributed by atoms with Gasteiger partial charge in [-0.25, -0.2) is 8.42 Å². The molecule has 0 radical (unpaired) electrons. The Morgan fingerprint density at radius 1 is 1.04 bits per heavy atom. The second-order valence-corrected chi connectivity index (χ2v) is 7.23. The first-order valence-electron chi connectivity index (χ1n) is 7.70. The molecule has 2 rings (SSSR count). The summed E-state index contributed by atoms with van der Waals surface area (Å²) in [5.74, 6) is 0.228. The summed E-state index contributed by atoms with van der Waals surface area (Å²) in [6.07, 6.45) is -0.0575. The van der Waals surface area contributed by atoms with E-state index >= 15 is 0 Å². The lowest BCUT2D eigenvalue weighted by Crippen LogP contribution is -2.33. The SMILES string of the molecule is CCN(c1ccccc1)S(=O)(=O)CCC(=O)c1ccc(OC)cc1. The smallest absolute Gasteiger partial charge is 0.235 e. The van der Waals surface area contributed by atoms with Crippen LogP contribution in [-0.2, 0) is 10.0 Å². The van der Waals surface area contributed by atoms with Crippen LogP contribution in [0.25, 0.3) is 0 Å². The number of benzene rings is 2. The van der Waals surface area contributed by atoms with Gasteiger partial charge in [0.2, 0.25) is 10.0 Å². The Bertz CT molecular complexity index is 770. The van der Waals surface area contributed by atoms with Crippen LogP contribution in [0.1, 0.15) is 23.7 Å². The van der Waals surface area contributed by atoms with Gasteiger partial charge < -0.3 is 4.74 Å². The third-order valence-electron chi connectivity index (χ3n) is 3.67. The maximum Gasteiger partial charge on any atom is 0.235 e. The van der Waals surface area contributed by atoms with Crippen molar-refractivity contribution in [2.24, 2.45) is 0 Å². The molecule has 0 spiro atoms. The molecule has 0 unspecified atom stereocenters. The second-order valence-electron chi connectivity index (χ2n) is 5.22. The molecule has 0 saturated carbocycles. The molecule has 0 aromatic heterocycles. The number of methoxy groups -OCH3 is 1. The van der Waals surface area contributed by atoms with Gasteiger partial charge in [0.25, 0.3) is 0 Å². The summed E-state index contributed by atoms with van der Waals surface area (Å²) >= 11 is 0. The number of Topliss-reactive ketones (excluding diaryl/α,β-unsaturated/α-hetero) is 1. The third kappa shape index (κ3) is 4.35. The Morgan fingerprint density at radius 2 is 1.67 bits per heavy atom. The summed E-state index contributed by atoms with van der Waals surface area (Å²) in [4.78, 5) is 12.2. The number of carbonyl (C=O) groups is 1. The van der Waals surface area contributed by atoms with Crippen molar-refractivity contribution < 1.29 is 17.9 Å². The predicted octanol–water partition coefficient (Wildman–Crippen LogP) is 3.12. The lowest BCUT2D eigenvalue weighted by Gasteiger charge is -2.22. The zero-order valence-corrected chi connectivity index (χ0v) is 14.6. The van der Waals surface area contributed by atoms with Crippen molar-refractivity contribution in [1.82, 2.24) is 0 Å². The molecule has 0 N–H and O–H groups in total. The van der Waals surface area contributed by atoms with Crippen molar-refractivity contribution in [3.05, 3.63) is 60.2 Å². The first-order valence-corrected chi connectivity index (χ1v) is 9.31. The zero-order chi connectivity index (χ0) is 17.6. The standard InChI is InChI=1S/C18H21NO4S/c1-3-19(16-7-5-4-6-8-16)24(21,22)14-13-18(20)15-9-11-17(23-2)12-10-15/h4-12H,3,13-14H2,1-2H3. The summed E-state index contributed by atoms with van der Waals surface area (Å²) < 4.78 is 31.5. The van der Waals surface area contributed by atoms with E-state index in [1.165, 1.54) is 4.31 Å². The fourth-order valence-electron chi connectivity index (χ4n) is 2.39. The van der Waals surface area contributed by atoms with Crippen LogP contribution < -0.4 is 9.04 Å². The lowest BCUT2D eigenvalue weighted by atomic mass is 10.1. The van der Waals surface area contributed by atoms with Gasteiger partial charge in [0, 0.05) is 18.5 Å². The number of hydrogen-bond donors (Lipinski definition) is 0. The summed E-state index contributed by atoms with van der Waals surface area (Å²) in [5, 5.41) is 0. The van der Waals surface area contributed by atoms with Crippen LogP contribution in [0.5, 0.6) is 5.75 Å². The molecule has 0 fully saturated rings. The van der Waals surface area contributed by atoms with Gasteiger partial charge in [0.05, 0.1) is 18.6 Å². The van der Waals surface area contributed by atoms with E-state index in [1.807, 2.05) is 6.07 Å². The normalized spacial score (nSPS) is 11.1. The molecule has 0 heterocycles. The van der Waals surface area contributed by atoms with Crippen LogP contribution in [0.4, 0.5) is 5.69 Å². The Kier molecular flexibility index (Phi) is 5.98. The summed E-state index contributed by atoms with van der Waals surface area (Å²) in [7, 11) is -2.01. The third-order valence-corrected chi connectivity index (χ3v) is 5.53. The lowest BCUT2D eigenvalue weighted by molar-refractivity contribution is 0.0988. The molecule has 0 bridgehead atoms. The quantitative estimate of drug-likeness (QED) is 0.688. The van der Waals surface area contributed by atoms with E-state index in [0.29, 0.717) is 23.5 Å². The molecule has 0 aliphatic heterocycles. The van der Waals surface area contributed by atoms with E-state index in [2.05, 4.69) is 0 Å². The zero-order valence-electron chi connectivity index (χ0n) is 13.8. The minimum Gasteiger partial charge on any atom is -0.497 e. The van der Waals surface area contributed by atoms with Gasteiger partial charge in [-0.3, -0.25) is 9.10 Å². The van der Waals surface area contributed by atoms with Crippen LogP contribution in [0.3, 0.4) is 0 Å². The molecule has 0 aliphatic rings. The van der Waals surface area contributed by atoms with Crippen molar-refractivity contribution in [3.63, 3.8) is 0 Å². The first-order chi connectivity index (χ1) is 11.5. The topological polar surface area (TPSA) is 63.7 Å². The molecule has 0 saturated heterocycles. The number of rotatable bonds is 8. The van der Waals surface area contributed by atoms with E-state index in [9.17, 15) is 13.2 Å².